The van der Waals surface area contributed by atoms with Gasteiger partial charge in [-0.3, -0.25) is 14.4 Å². The minimum atomic E-state index is -0.336. The monoisotopic (exact) mass is 513 g/mol. The van der Waals surface area contributed by atoms with Crippen LogP contribution in [0, 0.1) is 29.6 Å². The van der Waals surface area contributed by atoms with Crippen molar-refractivity contribution in [2.45, 2.75) is 42.4 Å². The number of amides is 2. The molecule has 2 aliphatic carbocycles. The van der Waals surface area contributed by atoms with Crippen molar-refractivity contribution >= 4 is 41.1 Å². The van der Waals surface area contributed by atoms with E-state index in [0.717, 1.165) is 27.8 Å². The van der Waals surface area contributed by atoms with Crippen LogP contribution in [-0.4, -0.2) is 47.5 Å². The van der Waals surface area contributed by atoms with Crippen molar-refractivity contribution in [3.05, 3.63) is 38.3 Å². The second-order valence-corrected chi connectivity index (χ2v) is 12.2. The van der Waals surface area contributed by atoms with Crippen LogP contribution >= 0.6 is 23.1 Å². The van der Waals surface area contributed by atoms with Crippen LogP contribution in [0.15, 0.2) is 33.1 Å². The third-order valence-corrected chi connectivity index (χ3v) is 11.4. The largest absolute Gasteiger partial charge is 0.493 e. The molecule has 2 aliphatic heterocycles. The van der Waals surface area contributed by atoms with Gasteiger partial charge in [-0.1, -0.05) is 25.2 Å². The topological polar surface area (TPSA) is 101 Å². The molecule has 1 N–H and O–H groups in total. The average molecular weight is 514 g/mol. The Morgan fingerprint density at radius 1 is 1.14 bits per heavy atom. The molecule has 4 aliphatic rings. The zero-order valence-corrected chi connectivity index (χ0v) is 21.6. The Bertz CT molecular complexity index is 1320. The predicted octanol–water partition coefficient (Wildman–Crippen LogP) is 3.50. The van der Waals surface area contributed by atoms with E-state index in [2.05, 4.69) is 23.9 Å². The fourth-order valence-corrected chi connectivity index (χ4v) is 10.2. The zero-order valence-electron chi connectivity index (χ0n) is 19.9. The molecular weight excluding hydrogens is 486 g/mol. The number of fused-ring (bicyclic) bond motifs is 9. The first kappa shape index (κ1) is 22.8. The molecule has 2 aromatic rings. The number of nitrogens with one attached hydrogen (secondary N) is 1. The molecule has 1 saturated heterocycles. The molecule has 6 rings (SSSR count). The first-order valence-corrected chi connectivity index (χ1v) is 13.6. The molecule has 0 spiro atoms. The van der Waals surface area contributed by atoms with E-state index in [0.29, 0.717) is 17.1 Å². The van der Waals surface area contributed by atoms with Crippen LogP contribution in [0.25, 0.3) is 0 Å². The van der Waals surface area contributed by atoms with Gasteiger partial charge in [0.05, 0.1) is 37.3 Å². The molecule has 10 heteroatoms. The molecule has 184 valence electrons. The van der Waals surface area contributed by atoms with Gasteiger partial charge in [0.25, 0.3) is 11.8 Å². The number of thioether (sulfide) groups is 1. The Hall–Kier alpha value is -2.59. The van der Waals surface area contributed by atoms with Gasteiger partial charge in [-0.05, 0) is 54.4 Å². The molecule has 0 radical (unpaired) electrons. The summed E-state index contributed by atoms with van der Waals surface area (Å²) < 4.78 is 10.6. The fourth-order valence-electron chi connectivity index (χ4n) is 7.05. The lowest BCUT2D eigenvalue weighted by molar-refractivity contribution is -0.140. The normalized spacial score (nSPS) is 34.9. The van der Waals surface area contributed by atoms with Crippen molar-refractivity contribution in [3.63, 3.8) is 0 Å². The van der Waals surface area contributed by atoms with Gasteiger partial charge in [-0.2, -0.15) is 10.1 Å². The number of carbonyl (C=O) groups excluding carboxylic acids is 2. The molecule has 1 aromatic heterocycles. The predicted molar refractivity (Wildman–Crippen MR) is 133 cm³/mol. The number of imide groups is 1. The maximum atomic E-state index is 13.5. The molecular formula is C25H27N3O5S2. The Morgan fingerprint density at radius 2 is 1.86 bits per heavy atom. The quantitative estimate of drug-likeness (QED) is 0.485. The van der Waals surface area contributed by atoms with Crippen molar-refractivity contribution in [2.24, 2.45) is 34.7 Å². The van der Waals surface area contributed by atoms with Gasteiger partial charge in [-0.15, -0.1) is 11.8 Å². The van der Waals surface area contributed by atoms with Crippen LogP contribution in [-0.2, 0) is 15.0 Å². The number of methoxy groups -OCH3 is 2. The number of aromatic amines is 1. The van der Waals surface area contributed by atoms with Crippen molar-refractivity contribution in [2.75, 3.05) is 14.2 Å². The van der Waals surface area contributed by atoms with Gasteiger partial charge < -0.3 is 14.5 Å². The number of hydrogen-bond donors (Lipinski definition) is 1. The first-order chi connectivity index (χ1) is 16.8. The van der Waals surface area contributed by atoms with Crippen LogP contribution in [0.1, 0.15) is 37.1 Å². The van der Waals surface area contributed by atoms with E-state index < -0.39 is 0 Å². The number of ether oxygens (including phenoxy) is 2. The van der Waals surface area contributed by atoms with Crippen LogP contribution in [0.5, 0.6) is 11.5 Å². The number of carbonyl (C=O) groups is 2. The SMILES string of the molecule is CC[C@]1(C)c2sc(=O)[nH]c2S[C@@H]2[C@H]3C[C@@H]([C@H]4C(=O)N(/N=C\c5ccc(OC)c(OC)c5)C(=O)[C@H]34)[C@@H]21. The van der Waals surface area contributed by atoms with E-state index in [1.165, 1.54) is 17.6 Å². The number of hydrogen-bond acceptors (Lipinski definition) is 8. The molecule has 2 bridgehead atoms. The minimum absolute atomic E-state index is 0.0301. The van der Waals surface area contributed by atoms with E-state index >= 15 is 0 Å². The molecule has 35 heavy (non-hydrogen) atoms. The summed E-state index contributed by atoms with van der Waals surface area (Å²) in [6.07, 6.45) is 3.30. The van der Waals surface area contributed by atoms with Gasteiger partial charge in [-0.25, -0.2) is 0 Å². The maximum absolute atomic E-state index is 13.5. The summed E-state index contributed by atoms with van der Waals surface area (Å²) in [5.41, 5.74) is 0.526. The molecule has 3 heterocycles. The molecule has 7 atom stereocenters. The Labute approximate surface area is 211 Å². The highest BCUT2D eigenvalue weighted by atomic mass is 32.2. The van der Waals surface area contributed by atoms with E-state index in [-0.39, 0.29) is 56.9 Å². The lowest BCUT2D eigenvalue weighted by Crippen LogP contribution is -2.49. The fraction of sp³-hybridized carbons (Fsp3) is 0.520. The molecule has 2 saturated carbocycles. The first-order valence-electron chi connectivity index (χ1n) is 11.9. The molecule has 1 aromatic carbocycles. The minimum Gasteiger partial charge on any atom is -0.493 e. The van der Waals surface area contributed by atoms with Gasteiger partial charge in [0.15, 0.2) is 11.5 Å². The highest BCUT2D eigenvalue weighted by Crippen LogP contribution is 2.69. The third kappa shape index (κ3) is 3.05. The van der Waals surface area contributed by atoms with Crippen molar-refractivity contribution in [1.82, 2.24) is 9.99 Å². The van der Waals surface area contributed by atoms with Gasteiger partial charge in [0, 0.05) is 15.5 Å². The summed E-state index contributed by atoms with van der Waals surface area (Å²) in [5, 5.41) is 6.60. The number of hydrazone groups is 1. The van der Waals surface area contributed by atoms with Crippen molar-refractivity contribution in [3.8, 4) is 11.5 Å². The third-order valence-electron chi connectivity index (χ3n) is 8.67. The molecule has 2 amide bonds. The summed E-state index contributed by atoms with van der Waals surface area (Å²) in [5.74, 6) is 0.570. The summed E-state index contributed by atoms with van der Waals surface area (Å²) in [6.45, 7) is 4.39. The van der Waals surface area contributed by atoms with Crippen LogP contribution < -0.4 is 14.3 Å². The Balaban J connectivity index is 1.31. The summed E-state index contributed by atoms with van der Waals surface area (Å²) >= 11 is 3.01. The highest BCUT2D eigenvalue weighted by Gasteiger charge is 2.71. The standard InChI is InChI=1S/C25H27N3O5S2/c1-5-25(2)18-12-9-13(19(18)34-21-20(25)35-24(31)27-21)17-16(12)22(29)28(23(17)30)26-10-11-6-7-14(32-3)15(8-11)33-4/h6-8,10,12-13,16-19H,5,9H2,1-4H3,(H,27,31)/b26-10-/t12-,13-,16+,17+,18-,19+,25-/m0/s1. The average Bonchev–Trinajstić information content (AvgIpc) is 3.59. The number of rotatable bonds is 5. The maximum Gasteiger partial charge on any atom is 0.305 e. The van der Waals surface area contributed by atoms with Gasteiger partial charge >= 0.3 is 4.87 Å². The summed E-state index contributed by atoms with van der Waals surface area (Å²) in [7, 11) is 3.12. The number of thiazole rings is 1. The van der Waals surface area contributed by atoms with Gasteiger partial charge in [0.1, 0.15) is 0 Å². The number of H-pyrrole nitrogens is 1. The highest BCUT2D eigenvalue weighted by molar-refractivity contribution is 8.00. The molecule has 3 fully saturated rings. The second kappa shape index (κ2) is 7.96. The number of benzene rings is 1. The van der Waals surface area contributed by atoms with Gasteiger partial charge in [0.2, 0.25) is 0 Å². The molecule has 0 unspecified atom stereocenters. The van der Waals surface area contributed by atoms with Crippen LogP contribution in [0.3, 0.4) is 0 Å². The van der Waals surface area contributed by atoms with Crippen LogP contribution in [0.4, 0.5) is 0 Å². The lowest BCUT2D eigenvalue weighted by atomic mass is 9.62. The smallest absolute Gasteiger partial charge is 0.305 e. The number of aromatic nitrogens is 1. The zero-order chi connectivity index (χ0) is 24.6. The lowest BCUT2D eigenvalue weighted by Gasteiger charge is -2.48. The van der Waals surface area contributed by atoms with Crippen molar-refractivity contribution < 1.29 is 19.1 Å². The summed E-state index contributed by atoms with van der Waals surface area (Å²) in [4.78, 5) is 43.3. The van der Waals surface area contributed by atoms with E-state index in [1.54, 1.807) is 44.2 Å². The van der Waals surface area contributed by atoms with E-state index in [1.807, 2.05) is 0 Å². The molecule has 8 nitrogen and oxygen atoms in total. The van der Waals surface area contributed by atoms with Crippen LogP contribution in [0.2, 0.25) is 0 Å². The summed E-state index contributed by atoms with van der Waals surface area (Å²) in [6, 6.07) is 5.33. The Morgan fingerprint density at radius 3 is 2.54 bits per heavy atom. The van der Waals surface area contributed by atoms with E-state index in [4.69, 9.17) is 9.47 Å². The number of nitrogens with zero attached hydrogens (tertiary/aromatic N) is 2. The second-order valence-electron chi connectivity index (χ2n) is 10.0. The van der Waals surface area contributed by atoms with E-state index in [9.17, 15) is 14.4 Å². The van der Waals surface area contributed by atoms with Crippen molar-refractivity contribution in [1.29, 1.82) is 0 Å². The Kier molecular flexibility index (Phi) is 5.20.